The molecule has 1 aliphatic heterocycles. The van der Waals surface area contributed by atoms with Gasteiger partial charge in [-0.25, -0.2) is 18.1 Å². The fourth-order valence-electron chi connectivity index (χ4n) is 2.36. The summed E-state index contributed by atoms with van der Waals surface area (Å²) >= 11 is 0. The molecule has 0 aliphatic carbocycles. The number of pyridine rings is 1. The van der Waals surface area contributed by atoms with Gasteiger partial charge >= 0.3 is 0 Å². The van der Waals surface area contributed by atoms with Gasteiger partial charge in [0.05, 0.1) is 5.69 Å². The van der Waals surface area contributed by atoms with Crippen molar-refractivity contribution in [3.8, 4) is 0 Å². The maximum Gasteiger partial charge on any atom is 0.260 e. The minimum absolute atomic E-state index is 0.0841. The van der Waals surface area contributed by atoms with Crippen molar-refractivity contribution in [1.29, 1.82) is 0 Å². The van der Waals surface area contributed by atoms with Gasteiger partial charge in [-0.1, -0.05) is 0 Å². The van der Waals surface area contributed by atoms with E-state index in [2.05, 4.69) is 21.7 Å². The highest BCUT2D eigenvalue weighted by Gasteiger charge is 2.22. The summed E-state index contributed by atoms with van der Waals surface area (Å²) in [6.07, 6.45) is 3.58. The predicted molar refractivity (Wildman–Crippen MR) is 74.1 cm³/mol. The Kier molecular flexibility index (Phi) is 4.38. The molecule has 1 unspecified atom stereocenters. The van der Waals surface area contributed by atoms with Gasteiger partial charge < -0.3 is 10.6 Å². The SMILES string of the molecule is CN1CCCC(CNS(=O)(=O)c2ncccc2N)C1. The Balaban J connectivity index is 2.00. The van der Waals surface area contributed by atoms with E-state index in [0.717, 1.165) is 25.9 Å². The molecule has 1 fully saturated rings. The molecule has 19 heavy (non-hydrogen) atoms. The fourth-order valence-corrected chi connectivity index (χ4v) is 3.53. The Morgan fingerprint density at radius 1 is 1.58 bits per heavy atom. The Labute approximate surface area is 114 Å². The van der Waals surface area contributed by atoms with Crippen LogP contribution in [0.1, 0.15) is 12.8 Å². The van der Waals surface area contributed by atoms with Gasteiger partial charge in [-0.15, -0.1) is 0 Å². The number of piperidine rings is 1. The third-order valence-corrected chi connectivity index (χ3v) is 4.74. The number of sulfonamides is 1. The van der Waals surface area contributed by atoms with Crippen LogP contribution in [0.3, 0.4) is 0 Å². The van der Waals surface area contributed by atoms with Crippen LogP contribution in [0.2, 0.25) is 0 Å². The summed E-state index contributed by atoms with van der Waals surface area (Å²) in [5, 5.41) is -0.0841. The zero-order valence-electron chi connectivity index (χ0n) is 11.0. The molecule has 0 bridgehead atoms. The quantitative estimate of drug-likeness (QED) is 0.829. The molecule has 2 heterocycles. The molecule has 0 saturated carbocycles. The summed E-state index contributed by atoms with van der Waals surface area (Å²) < 4.78 is 26.8. The number of hydrogen-bond donors (Lipinski definition) is 2. The van der Waals surface area contributed by atoms with Crippen molar-refractivity contribution < 1.29 is 8.42 Å². The number of hydrogen-bond acceptors (Lipinski definition) is 5. The maximum absolute atomic E-state index is 12.1. The van der Waals surface area contributed by atoms with E-state index in [-0.39, 0.29) is 10.7 Å². The monoisotopic (exact) mass is 284 g/mol. The number of anilines is 1. The summed E-state index contributed by atoms with van der Waals surface area (Å²) in [7, 11) is -1.56. The zero-order valence-corrected chi connectivity index (χ0v) is 11.9. The van der Waals surface area contributed by atoms with Crippen LogP contribution in [0.15, 0.2) is 23.4 Å². The molecule has 6 nitrogen and oxygen atoms in total. The first-order chi connectivity index (χ1) is 8.99. The summed E-state index contributed by atoms with van der Waals surface area (Å²) in [6.45, 7) is 2.43. The van der Waals surface area contributed by atoms with E-state index in [4.69, 9.17) is 5.73 Å². The van der Waals surface area contributed by atoms with Gasteiger partial charge in [-0.2, -0.15) is 0 Å². The minimum Gasteiger partial charge on any atom is -0.396 e. The second-order valence-corrected chi connectivity index (χ2v) is 6.70. The van der Waals surface area contributed by atoms with E-state index in [9.17, 15) is 8.42 Å². The van der Waals surface area contributed by atoms with Gasteiger partial charge in [0.25, 0.3) is 10.0 Å². The van der Waals surface area contributed by atoms with Gasteiger partial charge in [-0.05, 0) is 44.5 Å². The van der Waals surface area contributed by atoms with Gasteiger partial charge in [0, 0.05) is 19.3 Å². The average molecular weight is 284 g/mol. The molecule has 1 aromatic rings. The van der Waals surface area contributed by atoms with Crippen LogP contribution in [0.4, 0.5) is 5.69 Å². The molecule has 2 rings (SSSR count). The van der Waals surface area contributed by atoms with Crippen molar-refractivity contribution in [3.63, 3.8) is 0 Å². The molecule has 3 N–H and O–H groups in total. The molecular weight excluding hydrogens is 264 g/mol. The van der Waals surface area contributed by atoms with Crippen molar-refractivity contribution >= 4 is 15.7 Å². The molecule has 0 spiro atoms. The molecule has 0 amide bonds. The highest BCUT2D eigenvalue weighted by Crippen LogP contribution is 2.17. The first kappa shape index (κ1) is 14.2. The molecule has 7 heteroatoms. The van der Waals surface area contributed by atoms with E-state index in [0.29, 0.717) is 12.5 Å². The van der Waals surface area contributed by atoms with Gasteiger partial charge in [0.2, 0.25) is 0 Å². The molecule has 0 radical (unpaired) electrons. The topological polar surface area (TPSA) is 88.3 Å². The molecule has 1 saturated heterocycles. The number of aromatic nitrogens is 1. The molecule has 1 atom stereocenters. The van der Waals surface area contributed by atoms with Gasteiger partial charge in [-0.3, -0.25) is 0 Å². The number of nitrogens with zero attached hydrogens (tertiary/aromatic N) is 2. The smallest absolute Gasteiger partial charge is 0.260 e. The third-order valence-electron chi connectivity index (χ3n) is 3.34. The standard InChI is InChI=1S/C12H20N4O2S/c1-16-7-3-4-10(9-16)8-15-19(17,18)12-11(13)5-2-6-14-12/h2,5-6,10,15H,3-4,7-9,13H2,1H3. The second-order valence-electron chi connectivity index (χ2n) is 5.02. The number of nitrogens with two attached hydrogens (primary N) is 1. The number of likely N-dealkylation sites (tertiary alicyclic amines) is 1. The highest BCUT2D eigenvalue weighted by atomic mass is 32.2. The number of rotatable bonds is 4. The largest absolute Gasteiger partial charge is 0.396 e. The maximum atomic E-state index is 12.1. The summed E-state index contributed by atoms with van der Waals surface area (Å²) in [5.41, 5.74) is 5.82. The number of nitrogens with one attached hydrogen (secondary N) is 1. The Hall–Kier alpha value is -1.18. The van der Waals surface area contributed by atoms with E-state index >= 15 is 0 Å². The lowest BCUT2D eigenvalue weighted by atomic mass is 9.99. The van der Waals surface area contributed by atoms with Crippen molar-refractivity contribution in [2.24, 2.45) is 5.92 Å². The average Bonchev–Trinajstić information content (AvgIpc) is 2.37. The summed E-state index contributed by atoms with van der Waals surface area (Å²) in [6, 6.07) is 3.15. The molecule has 106 valence electrons. The molecular formula is C12H20N4O2S. The Morgan fingerprint density at radius 2 is 2.37 bits per heavy atom. The summed E-state index contributed by atoms with van der Waals surface area (Å²) in [4.78, 5) is 6.06. The van der Waals surface area contributed by atoms with Crippen molar-refractivity contribution in [1.82, 2.24) is 14.6 Å². The third kappa shape index (κ3) is 3.65. The molecule has 1 aromatic heterocycles. The van der Waals surface area contributed by atoms with Crippen molar-refractivity contribution in [3.05, 3.63) is 18.3 Å². The lowest BCUT2D eigenvalue weighted by Crippen LogP contribution is -2.39. The van der Waals surface area contributed by atoms with Crippen LogP contribution >= 0.6 is 0 Å². The number of nitrogen functional groups attached to an aromatic ring is 1. The first-order valence-corrected chi connectivity index (χ1v) is 7.86. The van der Waals surface area contributed by atoms with E-state index in [1.165, 1.54) is 12.3 Å². The second kappa shape index (κ2) is 5.85. The van der Waals surface area contributed by atoms with Crippen LogP contribution in [0, 0.1) is 5.92 Å². The predicted octanol–water partition coefficient (Wildman–Crippen LogP) is 0.284. The lowest BCUT2D eigenvalue weighted by Gasteiger charge is -2.29. The Morgan fingerprint density at radius 3 is 3.05 bits per heavy atom. The van der Waals surface area contributed by atoms with Crippen LogP contribution in [0.5, 0.6) is 0 Å². The lowest BCUT2D eigenvalue weighted by molar-refractivity contribution is 0.211. The van der Waals surface area contributed by atoms with Crippen LogP contribution < -0.4 is 10.5 Å². The zero-order chi connectivity index (χ0) is 13.9. The first-order valence-electron chi connectivity index (χ1n) is 6.38. The van der Waals surface area contributed by atoms with Crippen LogP contribution in [-0.2, 0) is 10.0 Å². The van der Waals surface area contributed by atoms with Crippen LogP contribution in [-0.4, -0.2) is 45.0 Å². The van der Waals surface area contributed by atoms with Crippen molar-refractivity contribution in [2.45, 2.75) is 17.9 Å². The molecule has 1 aliphatic rings. The van der Waals surface area contributed by atoms with Crippen LogP contribution in [0.25, 0.3) is 0 Å². The van der Waals surface area contributed by atoms with E-state index in [1.807, 2.05) is 0 Å². The normalized spacial score (nSPS) is 21.4. The molecule has 0 aromatic carbocycles. The fraction of sp³-hybridized carbons (Fsp3) is 0.583. The van der Waals surface area contributed by atoms with Crippen molar-refractivity contribution in [2.75, 3.05) is 32.4 Å². The van der Waals surface area contributed by atoms with Gasteiger partial charge in [0.1, 0.15) is 0 Å². The van der Waals surface area contributed by atoms with E-state index < -0.39 is 10.0 Å². The van der Waals surface area contributed by atoms with E-state index in [1.54, 1.807) is 6.07 Å². The Bertz CT molecular complexity index is 532. The van der Waals surface area contributed by atoms with Gasteiger partial charge in [0.15, 0.2) is 5.03 Å². The summed E-state index contributed by atoms with van der Waals surface area (Å²) in [5.74, 6) is 0.346. The highest BCUT2D eigenvalue weighted by molar-refractivity contribution is 7.89. The minimum atomic E-state index is -3.61.